The second kappa shape index (κ2) is 6.92. The molecule has 0 aliphatic carbocycles. The average Bonchev–Trinajstić information content (AvgIpc) is 2.42. The Balaban J connectivity index is 2.98. The van der Waals surface area contributed by atoms with Crippen LogP contribution in [0.2, 0.25) is 0 Å². The third kappa shape index (κ3) is 4.62. The van der Waals surface area contributed by atoms with Gasteiger partial charge in [0.25, 0.3) is 5.91 Å². The number of rotatable bonds is 6. The first-order valence-electron chi connectivity index (χ1n) is 6.08. The highest BCUT2D eigenvalue weighted by Gasteiger charge is 2.35. The van der Waals surface area contributed by atoms with Crippen molar-refractivity contribution < 1.29 is 27.9 Å². The van der Waals surface area contributed by atoms with Crippen LogP contribution >= 0.6 is 0 Å². The topological polar surface area (TPSA) is 66.4 Å². The number of benzene rings is 1. The summed E-state index contributed by atoms with van der Waals surface area (Å²) in [5, 5.41) is 11.0. The maximum absolute atomic E-state index is 12.8. The average molecular weight is 301 g/mol. The van der Waals surface area contributed by atoms with Crippen LogP contribution in [0.1, 0.15) is 28.8 Å². The lowest BCUT2D eigenvalue weighted by molar-refractivity contribution is -0.139. The molecule has 4 nitrogen and oxygen atoms in total. The molecule has 1 rings (SSSR count). The molecule has 0 heterocycles. The zero-order valence-electron chi connectivity index (χ0n) is 11.0. The third-order valence-electron chi connectivity index (χ3n) is 2.74. The van der Waals surface area contributed by atoms with E-state index in [-0.39, 0.29) is 6.42 Å². The number of amides is 1. The second-order valence-corrected chi connectivity index (χ2v) is 4.27. The lowest BCUT2D eigenvalue weighted by Crippen LogP contribution is -2.41. The van der Waals surface area contributed by atoms with E-state index in [1.807, 2.05) is 0 Å². The lowest BCUT2D eigenvalue weighted by atomic mass is 10.1. The van der Waals surface area contributed by atoms with Crippen LogP contribution in [-0.2, 0) is 11.0 Å². The van der Waals surface area contributed by atoms with Gasteiger partial charge in [0.05, 0.1) is 11.1 Å². The van der Waals surface area contributed by atoms with Crippen molar-refractivity contribution >= 4 is 11.9 Å². The van der Waals surface area contributed by atoms with Crippen LogP contribution in [0.15, 0.2) is 36.9 Å². The fourth-order valence-electron chi connectivity index (χ4n) is 1.71. The number of hydrogen-bond donors (Lipinski definition) is 2. The summed E-state index contributed by atoms with van der Waals surface area (Å²) >= 11 is 0. The van der Waals surface area contributed by atoms with Crippen LogP contribution < -0.4 is 5.32 Å². The maximum Gasteiger partial charge on any atom is 0.417 e. The van der Waals surface area contributed by atoms with Gasteiger partial charge < -0.3 is 10.4 Å². The number of halogens is 3. The number of carboxylic acids is 1. The van der Waals surface area contributed by atoms with E-state index in [2.05, 4.69) is 11.9 Å². The molecule has 1 atom stereocenters. The van der Waals surface area contributed by atoms with E-state index in [9.17, 15) is 22.8 Å². The van der Waals surface area contributed by atoms with Gasteiger partial charge in [-0.3, -0.25) is 4.79 Å². The molecule has 1 amide bonds. The number of carbonyl (C=O) groups is 2. The summed E-state index contributed by atoms with van der Waals surface area (Å²) in [5.74, 6) is -2.38. The van der Waals surface area contributed by atoms with Crippen LogP contribution in [-0.4, -0.2) is 23.0 Å². The summed E-state index contributed by atoms with van der Waals surface area (Å²) in [6, 6.07) is 2.95. The van der Waals surface area contributed by atoms with Crippen molar-refractivity contribution in [1.82, 2.24) is 5.32 Å². The van der Waals surface area contributed by atoms with E-state index in [0.29, 0.717) is 6.42 Å². The van der Waals surface area contributed by atoms with E-state index in [1.54, 1.807) is 0 Å². The number of nitrogens with one attached hydrogen (secondary N) is 1. The van der Waals surface area contributed by atoms with Gasteiger partial charge in [0, 0.05) is 0 Å². The van der Waals surface area contributed by atoms with E-state index in [0.717, 1.165) is 18.2 Å². The highest BCUT2D eigenvalue weighted by atomic mass is 19.4. The molecule has 0 aromatic heterocycles. The molecule has 114 valence electrons. The molecule has 7 heteroatoms. The minimum absolute atomic E-state index is 0.0543. The molecule has 0 aliphatic rings. The predicted molar refractivity (Wildman–Crippen MR) is 69.8 cm³/mol. The van der Waals surface area contributed by atoms with Gasteiger partial charge in [0.15, 0.2) is 0 Å². The van der Waals surface area contributed by atoms with E-state index in [4.69, 9.17) is 5.11 Å². The monoisotopic (exact) mass is 301 g/mol. The molecule has 2 N–H and O–H groups in total. The van der Waals surface area contributed by atoms with Gasteiger partial charge >= 0.3 is 12.1 Å². The number of carboxylic acid groups (broad SMARTS) is 1. The Kier molecular flexibility index (Phi) is 5.52. The highest BCUT2D eigenvalue weighted by molar-refractivity contribution is 5.98. The summed E-state index contributed by atoms with van der Waals surface area (Å²) in [6.45, 7) is 3.42. The molecule has 0 spiro atoms. The summed E-state index contributed by atoms with van der Waals surface area (Å²) in [6.07, 6.45) is -2.85. The molecule has 1 aromatic rings. The van der Waals surface area contributed by atoms with Crippen LogP contribution in [0.25, 0.3) is 0 Å². The van der Waals surface area contributed by atoms with E-state index < -0.39 is 35.2 Å². The molecule has 21 heavy (non-hydrogen) atoms. The molecular formula is C14H14F3NO3. The molecule has 0 radical (unpaired) electrons. The molecular weight excluding hydrogens is 287 g/mol. The van der Waals surface area contributed by atoms with E-state index in [1.165, 1.54) is 12.1 Å². The standard InChI is InChI=1S/C14H14F3NO3/c1-2-3-8-11(13(20)21)18-12(19)9-6-4-5-7-10(9)14(15,16)17/h2,4-7,11H,1,3,8H2,(H,18,19)(H,20,21). The van der Waals surface area contributed by atoms with Crippen molar-refractivity contribution in [2.75, 3.05) is 0 Å². The van der Waals surface area contributed by atoms with Gasteiger partial charge in [-0.15, -0.1) is 6.58 Å². The zero-order chi connectivity index (χ0) is 16.0. The fourth-order valence-corrected chi connectivity index (χ4v) is 1.71. The molecule has 0 aliphatic heterocycles. The van der Waals surface area contributed by atoms with Gasteiger partial charge in [0.2, 0.25) is 0 Å². The minimum atomic E-state index is -4.69. The SMILES string of the molecule is C=CCCC(NC(=O)c1ccccc1C(F)(F)F)C(=O)O. The molecule has 0 saturated carbocycles. The van der Waals surface area contributed by atoms with Crippen LogP contribution in [0, 0.1) is 0 Å². The summed E-state index contributed by atoms with van der Waals surface area (Å²) in [4.78, 5) is 22.9. The summed E-state index contributed by atoms with van der Waals surface area (Å²) < 4.78 is 38.4. The molecule has 0 saturated heterocycles. The predicted octanol–water partition coefficient (Wildman–Crippen LogP) is 2.85. The van der Waals surface area contributed by atoms with Crippen molar-refractivity contribution in [2.24, 2.45) is 0 Å². The van der Waals surface area contributed by atoms with Crippen molar-refractivity contribution in [3.05, 3.63) is 48.0 Å². The zero-order valence-corrected chi connectivity index (χ0v) is 11.0. The van der Waals surface area contributed by atoms with Gasteiger partial charge in [-0.2, -0.15) is 13.2 Å². The Morgan fingerprint density at radius 2 is 1.95 bits per heavy atom. The summed E-state index contributed by atoms with van der Waals surface area (Å²) in [5.41, 5.74) is -1.70. The number of carbonyl (C=O) groups excluding carboxylic acids is 1. The van der Waals surface area contributed by atoms with E-state index >= 15 is 0 Å². The molecule has 0 bridgehead atoms. The Hall–Kier alpha value is -2.31. The van der Waals surface area contributed by atoms with Gasteiger partial charge in [0.1, 0.15) is 6.04 Å². The lowest BCUT2D eigenvalue weighted by Gasteiger charge is -2.16. The summed E-state index contributed by atoms with van der Waals surface area (Å²) in [7, 11) is 0. The smallest absolute Gasteiger partial charge is 0.417 e. The van der Waals surface area contributed by atoms with Crippen molar-refractivity contribution in [3.8, 4) is 0 Å². The number of allylic oxidation sites excluding steroid dienone is 1. The first kappa shape index (κ1) is 16.7. The van der Waals surface area contributed by atoms with Crippen molar-refractivity contribution in [2.45, 2.75) is 25.1 Å². The Bertz CT molecular complexity index is 541. The van der Waals surface area contributed by atoms with Crippen LogP contribution in [0.4, 0.5) is 13.2 Å². The maximum atomic E-state index is 12.8. The minimum Gasteiger partial charge on any atom is -0.480 e. The Labute approximate surface area is 119 Å². The molecule has 1 unspecified atom stereocenters. The van der Waals surface area contributed by atoms with Crippen molar-refractivity contribution in [1.29, 1.82) is 0 Å². The quantitative estimate of drug-likeness (QED) is 0.794. The normalized spacial score (nSPS) is 12.5. The number of alkyl halides is 3. The van der Waals surface area contributed by atoms with Gasteiger partial charge in [-0.25, -0.2) is 4.79 Å². The largest absolute Gasteiger partial charge is 0.480 e. The first-order chi connectivity index (χ1) is 9.77. The molecule has 0 fully saturated rings. The fraction of sp³-hybridized carbons (Fsp3) is 0.286. The van der Waals surface area contributed by atoms with Gasteiger partial charge in [-0.05, 0) is 25.0 Å². The highest BCUT2D eigenvalue weighted by Crippen LogP contribution is 2.31. The second-order valence-electron chi connectivity index (χ2n) is 4.27. The van der Waals surface area contributed by atoms with Gasteiger partial charge in [-0.1, -0.05) is 18.2 Å². The Morgan fingerprint density at radius 3 is 2.48 bits per heavy atom. The number of hydrogen-bond acceptors (Lipinski definition) is 2. The van der Waals surface area contributed by atoms with Crippen LogP contribution in [0.3, 0.4) is 0 Å². The Morgan fingerprint density at radius 1 is 1.33 bits per heavy atom. The molecule has 1 aromatic carbocycles. The van der Waals surface area contributed by atoms with Crippen LogP contribution in [0.5, 0.6) is 0 Å². The first-order valence-corrected chi connectivity index (χ1v) is 6.08. The van der Waals surface area contributed by atoms with Crippen molar-refractivity contribution in [3.63, 3.8) is 0 Å². The third-order valence-corrected chi connectivity index (χ3v) is 2.74. The number of aliphatic carboxylic acids is 1.